The summed E-state index contributed by atoms with van der Waals surface area (Å²) in [7, 11) is 0. The van der Waals surface area contributed by atoms with E-state index in [4.69, 9.17) is 4.42 Å². The quantitative estimate of drug-likeness (QED) is 0.136. The Kier molecular flexibility index (Phi) is 6.70. The first-order valence-corrected chi connectivity index (χ1v) is 18.3. The van der Waals surface area contributed by atoms with Crippen LogP contribution in [0.15, 0.2) is 197 Å². The average Bonchev–Trinajstić information content (AvgIpc) is 3.62. The topological polar surface area (TPSA) is 35.1 Å². The van der Waals surface area contributed by atoms with Gasteiger partial charge >= 0.3 is 0 Å². The molecule has 11 aromatic rings. The lowest BCUT2D eigenvalue weighted by Gasteiger charge is -2.18. The fourth-order valence-corrected chi connectivity index (χ4v) is 8.61. The molecule has 0 saturated heterocycles. The van der Waals surface area contributed by atoms with Crippen molar-refractivity contribution in [2.45, 2.75) is 0 Å². The van der Waals surface area contributed by atoms with Crippen molar-refractivity contribution in [2.75, 3.05) is 0 Å². The zero-order valence-electron chi connectivity index (χ0n) is 29.2. The predicted octanol–water partition coefficient (Wildman–Crippen LogP) is 13.4. The lowest BCUT2D eigenvalue weighted by atomic mass is 9.85. The van der Waals surface area contributed by atoms with E-state index in [1.165, 1.54) is 32.7 Å². The highest BCUT2D eigenvalue weighted by molar-refractivity contribution is 6.21. The summed E-state index contributed by atoms with van der Waals surface area (Å²) in [6.07, 6.45) is 0. The van der Waals surface area contributed by atoms with Crippen molar-refractivity contribution >= 4 is 65.2 Å². The maximum absolute atomic E-state index is 14.0. The van der Waals surface area contributed by atoms with Crippen LogP contribution in [0.2, 0.25) is 0 Å². The van der Waals surface area contributed by atoms with Crippen LogP contribution in [0.5, 0.6) is 0 Å². The molecule has 0 radical (unpaired) electrons. The number of para-hydroxylation sites is 3. The van der Waals surface area contributed by atoms with Gasteiger partial charge in [-0.2, -0.15) is 0 Å². The maximum atomic E-state index is 14.0. The average molecular weight is 690 g/mol. The Hall–Kier alpha value is -7.23. The molecule has 0 bridgehead atoms. The minimum absolute atomic E-state index is 0.0161. The zero-order chi connectivity index (χ0) is 35.8. The number of fused-ring (bicyclic) bond motifs is 8. The standard InChI is InChI=1S/C51H31NO2/c53-51-45-19-6-1-12-37(45)38-13-7-9-22-46(38)52(51)35-30-28-34(29-31-35)49-42-17-4-2-15-40(42)48(41-16-3-5-18-43(41)49)33-26-24-32(25-27-33)36-20-11-21-44-39-14-8-10-23-47(39)54-50(36)44/h1-31H. The first-order chi connectivity index (χ1) is 26.7. The molecule has 54 heavy (non-hydrogen) atoms. The number of hydrogen-bond donors (Lipinski definition) is 0. The highest BCUT2D eigenvalue weighted by atomic mass is 16.3. The summed E-state index contributed by atoms with van der Waals surface area (Å²) in [5.74, 6) is 0. The molecule has 3 heteroatoms. The van der Waals surface area contributed by atoms with Gasteiger partial charge in [0.1, 0.15) is 11.2 Å². The van der Waals surface area contributed by atoms with E-state index in [9.17, 15) is 4.79 Å². The third-order valence-electron chi connectivity index (χ3n) is 11.0. The summed E-state index contributed by atoms with van der Waals surface area (Å²) in [5, 5.41) is 9.77. The Balaban J connectivity index is 1.06. The molecule has 0 aliphatic carbocycles. The first kappa shape index (κ1) is 30.4. The highest BCUT2D eigenvalue weighted by Gasteiger charge is 2.18. The normalized spacial score (nSPS) is 11.8. The van der Waals surface area contributed by atoms with E-state index in [0.29, 0.717) is 5.39 Å². The Morgan fingerprint density at radius 1 is 0.352 bits per heavy atom. The first-order valence-electron chi connectivity index (χ1n) is 18.3. The molecule has 252 valence electrons. The third kappa shape index (κ3) is 4.52. The van der Waals surface area contributed by atoms with E-state index in [-0.39, 0.29) is 5.56 Å². The monoisotopic (exact) mass is 689 g/mol. The maximum Gasteiger partial charge on any atom is 0.263 e. The van der Waals surface area contributed by atoms with Crippen molar-refractivity contribution in [1.29, 1.82) is 0 Å². The molecular weight excluding hydrogens is 659 g/mol. The Morgan fingerprint density at radius 3 is 1.44 bits per heavy atom. The number of aromatic nitrogens is 1. The molecule has 0 N–H and O–H groups in total. The summed E-state index contributed by atoms with van der Waals surface area (Å²) in [4.78, 5) is 14.0. The number of rotatable bonds is 4. The number of hydrogen-bond acceptors (Lipinski definition) is 2. The largest absolute Gasteiger partial charge is 0.455 e. The van der Waals surface area contributed by atoms with E-state index < -0.39 is 0 Å². The summed E-state index contributed by atoms with van der Waals surface area (Å²) < 4.78 is 8.23. The third-order valence-corrected chi connectivity index (χ3v) is 11.0. The van der Waals surface area contributed by atoms with Crippen molar-refractivity contribution in [3.05, 3.63) is 198 Å². The zero-order valence-corrected chi connectivity index (χ0v) is 29.2. The molecular formula is C51H31NO2. The lowest BCUT2D eigenvalue weighted by molar-refractivity contribution is 0.670. The molecule has 9 aromatic carbocycles. The predicted molar refractivity (Wildman–Crippen MR) is 226 cm³/mol. The molecule has 2 aromatic heterocycles. The van der Waals surface area contributed by atoms with Gasteiger partial charge < -0.3 is 4.42 Å². The van der Waals surface area contributed by atoms with E-state index in [1.54, 1.807) is 0 Å². The summed E-state index contributed by atoms with van der Waals surface area (Å²) in [6.45, 7) is 0. The van der Waals surface area contributed by atoms with Gasteiger partial charge in [0.05, 0.1) is 5.52 Å². The minimum atomic E-state index is -0.0161. The number of nitrogens with zero attached hydrogens (tertiary/aromatic N) is 1. The number of furan rings is 1. The van der Waals surface area contributed by atoms with Gasteiger partial charge in [-0.1, -0.05) is 158 Å². The summed E-state index contributed by atoms with van der Waals surface area (Å²) >= 11 is 0. The SMILES string of the molecule is O=c1c2ccccc2c2ccccc2n1-c1ccc(-c2c3ccccc3c(-c3ccc(-c4cccc5c4oc4ccccc45)cc3)c3ccccc23)cc1. The molecule has 0 saturated carbocycles. The van der Waals surface area contributed by atoms with E-state index in [1.807, 2.05) is 59.2 Å². The summed E-state index contributed by atoms with van der Waals surface area (Å²) in [6, 6.07) is 65.5. The van der Waals surface area contributed by atoms with E-state index >= 15 is 0 Å². The van der Waals surface area contributed by atoms with E-state index in [2.05, 4.69) is 133 Å². The summed E-state index contributed by atoms with van der Waals surface area (Å²) in [5.41, 5.74) is 10.4. The van der Waals surface area contributed by atoms with E-state index in [0.717, 1.165) is 66.2 Å². The van der Waals surface area contributed by atoms with Crippen molar-refractivity contribution < 1.29 is 4.42 Å². The van der Waals surface area contributed by atoms with Crippen LogP contribution >= 0.6 is 0 Å². The van der Waals surface area contributed by atoms with Crippen molar-refractivity contribution in [2.24, 2.45) is 0 Å². The molecule has 11 rings (SSSR count). The Bertz CT molecular complexity index is 3270. The molecule has 0 amide bonds. The van der Waals surface area contributed by atoms with Gasteiger partial charge in [-0.05, 0) is 85.1 Å². The Morgan fingerprint density at radius 2 is 0.815 bits per heavy atom. The second-order valence-corrected chi connectivity index (χ2v) is 13.9. The molecule has 0 unspecified atom stereocenters. The van der Waals surface area contributed by atoms with Gasteiger partial charge in [0.2, 0.25) is 0 Å². The van der Waals surface area contributed by atoms with Crippen LogP contribution in [0.25, 0.3) is 104 Å². The van der Waals surface area contributed by atoms with Gasteiger partial charge in [0.25, 0.3) is 5.56 Å². The van der Waals surface area contributed by atoms with Crippen LogP contribution in [0.3, 0.4) is 0 Å². The van der Waals surface area contributed by atoms with Gasteiger partial charge in [-0.25, -0.2) is 0 Å². The van der Waals surface area contributed by atoms with Gasteiger partial charge in [0.15, 0.2) is 0 Å². The van der Waals surface area contributed by atoms with Crippen LogP contribution in [0.1, 0.15) is 0 Å². The Labute approximate surface area is 310 Å². The molecule has 3 nitrogen and oxygen atoms in total. The van der Waals surface area contributed by atoms with Gasteiger partial charge in [-0.3, -0.25) is 9.36 Å². The second-order valence-electron chi connectivity index (χ2n) is 13.9. The van der Waals surface area contributed by atoms with Crippen LogP contribution < -0.4 is 5.56 Å². The van der Waals surface area contributed by atoms with Crippen LogP contribution in [-0.2, 0) is 0 Å². The van der Waals surface area contributed by atoms with Crippen molar-refractivity contribution in [3.8, 4) is 39.1 Å². The fourth-order valence-electron chi connectivity index (χ4n) is 8.61. The number of pyridine rings is 1. The minimum Gasteiger partial charge on any atom is -0.455 e. The molecule has 0 atom stereocenters. The van der Waals surface area contributed by atoms with Crippen LogP contribution in [-0.4, -0.2) is 4.57 Å². The molecule has 0 aliphatic heterocycles. The molecule has 0 spiro atoms. The number of benzene rings is 9. The lowest BCUT2D eigenvalue weighted by Crippen LogP contribution is -2.19. The van der Waals surface area contributed by atoms with Crippen molar-refractivity contribution in [1.82, 2.24) is 4.57 Å². The molecule has 0 aliphatic rings. The second kappa shape index (κ2) is 11.9. The van der Waals surface area contributed by atoms with Crippen LogP contribution in [0.4, 0.5) is 0 Å². The van der Waals surface area contributed by atoms with Crippen LogP contribution in [0, 0.1) is 0 Å². The van der Waals surface area contributed by atoms with Crippen molar-refractivity contribution in [3.63, 3.8) is 0 Å². The highest BCUT2D eigenvalue weighted by Crippen LogP contribution is 2.44. The fraction of sp³-hybridized carbons (Fsp3) is 0. The van der Waals surface area contributed by atoms with Gasteiger partial charge in [0, 0.05) is 32.8 Å². The molecule has 0 fully saturated rings. The smallest absolute Gasteiger partial charge is 0.263 e. The van der Waals surface area contributed by atoms with Gasteiger partial charge in [-0.15, -0.1) is 0 Å². The molecule has 2 heterocycles.